The quantitative estimate of drug-likeness (QED) is 0.381. The Morgan fingerprint density at radius 3 is 2.48 bits per heavy atom. The van der Waals surface area contributed by atoms with Gasteiger partial charge in [0.05, 0.1) is 5.56 Å². The molecular weight excluding hydrogens is 392 g/mol. The Morgan fingerprint density at radius 1 is 1.03 bits per heavy atom. The normalized spacial score (nSPS) is 16.6. The predicted molar refractivity (Wildman–Crippen MR) is 116 cm³/mol. The fraction of sp³-hybridized carbons (Fsp3) is 0.304. The highest BCUT2D eigenvalue weighted by Gasteiger charge is 2.50. The van der Waals surface area contributed by atoms with Crippen LogP contribution in [-0.4, -0.2) is 21.1 Å². The van der Waals surface area contributed by atoms with Crippen LogP contribution in [0.3, 0.4) is 0 Å². The molecule has 0 atom stereocenters. The van der Waals surface area contributed by atoms with Crippen molar-refractivity contribution in [3.05, 3.63) is 65.6 Å². The van der Waals surface area contributed by atoms with Crippen LogP contribution in [0, 0.1) is 6.92 Å². The van der Waals surface area contributed by atoms with Crippen LogP contribution in [0.4, 0.5) is 23.1 Å². The van der Waals surface area contributed by atoms with E-state index in [0.29, 0.717) is 28.7 Å². The second kappa shape index (κ2) is 7.54. The van der Waals surface area contributed by atoms with E-state index in [0.717, 1.165) is 48.1 Å². The number of pyridine rings is 1. The maximum absolute atomic E-state index is 12.7. The number of anilines is 4. The van der Waals surface area contributed by atoms with Crippen LogP contribution in [0.2, 0.25) is 0 Å². The Hall–Kier alpha value is -3.68. The molecule has 1 amide bonds. The van der Waals surface area contributed by atoms with E-state index >= 15 is 0 Å². The third-order valence-electron chi connectivity index (χ3n) is 6.13. The largest absolute Gasteiger partial charge is 0.349 e. The minimum atomic E-state index is -0.506. The summed E-state index contributed by atoms with van der Waals surface area (Å²) in [5.41, 5.74) is 2.45. The second-order valence-corrected chi connectivity index (χ2v) is 8.25. The summed E-state index contributed by atoms with van der Waals surface area (Å²) in [6, 6.07) is 13.3. The average molecular weight is 417 g/mol. The first-order valence-electron chi connectivity index (χ1n) is 10.6. The Balaban J connectivity index is 1.49. The van der Waals surface area contributed by atoms with Crippen molar-refractivity contribution >= 4 is 29.0 Å². The molecule has 8 nitrogen and oxygen atoms in total. The van der Waals surface area contributed by atoms with Crippen molar-refractivity contribution in [2.24, 2.45) is 0 Å². The first-order chi connectivity index (χ1) is 15.1. The highest BCUT2D eigenvalue weighted by atomic mass is 16.5. The zero-order valence-electron chi connectivity index (χ0n) is 17.4. The summed E-state index contributed by atoms with van der Waals surface area (Å²) in [5.74, 6) is 1.51. The molecule has 158 valence electrons. The van der Waals surface area contributed by atoms with Gasteiger partial charge in [0.1, 0.15) is 17.7 Å². The van der Waals surface area contributed by atoms with Crippen LogP contribution >= 0.6 is 0 Å². The molecule has 0 unspecified atom stereocenters. The van der Waals surface area contributed by atoms with E-state index in [1.807, 2.05) is 37.3 Å². The first kappa shape index (κ1) is 19.3. The third kappa shape index (κ3) is 3.43. The molecule has 1 aliphatic carbocycles. The van der Waals surface area contributed by atoms with E-state index in [4.69, 9.17) is 0 Å². The smallest absolute Gasteiger partial charge is 0.320 e. The van der Waals surface area contributed by atoms with Gasteiger partial charge < -0.3 is 15.8 Å². The van der Waals surface area contributed by atoms with Gasteiger partial charge in [-0.25, -0.2) is 10.3 Å². The number of nitrogens with one attached hydrogen (secondary N) is 3. The van der Waals surface area contributed by atoms with Crippen molar-refractivity contribution in [3.8, 4) is 0 Å². The number of carbonyl (C=O) groups is 1. The van der Waals surface area contributed by atoms with E-state index in [9.17, 15) is 10.0 Å². The molecule has 2 aromatic heterocycles. The molecule has 0 bridgehead atoms. The zero-order chi connectivity index (χ0) is 21.4. The van der Waals surface area contributed by atoms with Gasteiger partial charge >= 0.3 is 5.82 Å². The lowest BCUT2D eigenvalue weighted by Gasteiger charge is -2.32. The third-order valence-corrected chi connectivity index (χ3v) is 6.13. The van der Waals surface area contributed by atoms with Gasteiger partial charge in [-0.05, 0) is 42.2 Å². The van der Waals surface area contributed by atoms with E-state index < -0.39 is 5.54 Å². The lowest BCUT2D eigenvalue weighted by Crippen LogP contribution is -2.50. The molecule has 3 heterocycles. The Labute approximate surface area is 180 Å². The van der Waals surface area contributed by atoms with Crippen molar-refractivity contribution in [1.82, 2.24) is 15.3 Å². The molecule has 1 spiro atoms. The van der Waals surface area contributed by atoms with Gasteiger partial charge in [0.15, 0.2) is 5.69 Å². The van der Waals surface area contributed by atoms with E-state index in [-0.39, 0.29) is 5.91 Å². The summed E-state index contributed by atoms with van der Waals surface area (Å²) >= 11 is 0. The topological polar surface area (TPSA) is 103 Å². The van der Waals surface area contributed by atoms with Gasteiger partial charge in [0, 0.05) is 17.8 Å². The molecule has 1 fully saturated rings. The van der Waals surface area contributed by atoms with Gasteiger partial charge in [0.25, 0.3) is 5.91 Å². The number of aryl methyl sites for hydroxylation is 1. The molecule has 5 rings (SSSR count). The summed E-state index contributed by atoms with van der Waals surface area (Å²) < 4.78 is 1.12. The van der Waals surface area contributed by atoms with Crippen molar-refractivity contribution in [2.45, 2.75) is 44.6 Å². The SMILES string of the molecule is Cc1cc(Nc2cc(Nc3ccccc3)ncn2)[n+](O)c2c1C(=O)NC21CCCCC1. The first-order valence-corrected chi connectivity index (χ1v) is 10.6. The zero-order valence-corrected chi connectivity index (χ0v) is 17.4. The maximum Gasteiger partial charge on any atom is 0.320 e. The second-order valence-electron chi connectivity index (χ2n) is 8.25. The number of amides is 1. The molecule has 8 heteroatoms. The summed E-state index contributed by atoms with van der Waals surface area (Å²) in [6.45, 7) is 1.90. The summed E-state index contributed by atoms with van der Waals surface area (Å²) in [6.07, 6.45) is 6.31. The lowest BCUT2D eigenvalue weighted by atomic mass is 9.79. The van der Waals surface area contributed by atoms with E-state index in [2.05, 4.69) is 25.9 Å². The van der Waals surface area contributed by atoms with Crippen molar-refractivity contribution in [3.63, 3.8) is 0 Å². The van der Waals surface area contributed by atoms with Crippen LogP contribution < -0.4 is 20.7 Å². The fourth-order valence-corrected chi connectivity index (χ4v) is 4.72. The van der Waals surface area contributed by atoms with Crippen LogP contribution in [0.5, 0.6) is 0 Å². The summed E-state index contributed by atoms with van der Waals surface area (Å²) in [7, 11) is 0. The maximum atomic E-state index is 12.7. The Bertz CT molecular complexity index is 1140. The molecule has 1 saturated carbocycles. The number of para-hydroxylation sites is 1. The molecule has 31 heavy (non-hydrogen) atoms. The molecule has 0 saturated heterocycles. The van der Waals surface area contributed by atoms with Gasteiger partial charge in [-0.3, -0.25) is 4.79 Å². The molecule has 0 radical (unpaired) electrons. The van der Waals surface area contributed by atoms with E-state index in [1.165, 1.54) is 6.33 Å². The lowest BCUT2D eigenvalue weighted by molar-refractivity contribution is -0.900. The minimum Gasteiger partial charge on any atom is -0.349 e. The molecule has 2 aliphatic rings. The number of carbonyl (C=O) groups excluding carboxylic acids is 1. The van der Waals surface area contributed by atoms with Crippen LogP contribution in [0.25, 0.3) is 0 Å². The average Bonchev–Trinajstić information content (AvgIpc) is 3.05. The summed E-state index contributed by atoms with van der Waals surface area (Å²) in [5, 5.41) is 20.7. The minimum absolute atomic E-state index is 0.111. The number of benzene rings is 1. The van der Waals surface area contributed by atoms with Gasteiger partial charge in [-0.15, -0.1) is 0 Å². The molecular formula is C23H25N6O2+. The van der Waals surface area contributed by atoms with E-state index in [1.54, 1.807) is 12.1 Å². The summed E-state index contributed by atoms with van der Waals surface area (Å²) in [4.78, 5) is 21.3. The Morgan fingerprint density at radius 2 is 1.74 bits per heavy atom. The van der Waals surface area contributed by atoms with Crippen molar-refractivity contribution in [1.29, 1.82) is 0 Å². The number of hydrogen-bond donors (Lipinski definition) is 4. The monoisotopic (exact) mass is 417 g/mol. The number of nitrogens with zero attached hydrogens (tertiary/aromatic N) is 3. The van der Waals surface area contributed by atoms with Gasteiger partial charge in [-0.2, -0.15) is 4.98 Å². The number of aromatic nitrogens is 3. The van der Waals surface area contributed by atoms with Gasteiger partial charge in [-0.1, -0.05) is 37.5 Å². The predicted octanol–water partition coefficient (Wildman–Crippen LogP) is 3.70. The highest BCUT2D eigenvalue weighted by molar-refractivity contribution is 6.00. The van der Waals surface area contributed by atoms with Crippen LogP contribution in [0.15, 0.2) is 48.8 Å². The molecule has 1 aliphatic heterocycles. The number of hydrogen-bond acceptors (Lipinski definition) is 6. The van der Waals surface area contributed by atoms with Crippen molar-refractivity contribution in [2.75, 3.05) is 10.6 Å². The van der Waals surface area contributed by atoms with Crippen LogP contribution in [-0.2, 0) is 5.54 Å². The number of fused-ring (bicyclic) bond motifs is 2. The molecule has 4 N–H and O–H groups in total. The Kier molecular flexibility index (Phi) is 4.69. The highest BCUT2D eigenvalue weighted by Crippen LogP contribution is 2.42. The molecule has 1 aromatic carbocycles. The fourth-order valence-electron chi connectivity index (χ4n) is 4.72. The van der Waals surface area contributed by atoms with Crippen molar-refractivity contribution < 1.29 is 14.7 Å². The standard InChI is InChI=1S/C23H24N6O2/c1-15-12-19(27-18-13-17(24-14-25-18)26-16-8-4-2-5-9-16)29(31)21-20(15)22(30)28-23(21)10-6-3-7-11-23/h2,4-5,8-9,12-14,31H,3,6-7,10-11H2,1H3,(H2,24,25,26,28,30)/p+1. The van der Waals surface area contributed by atoms with Crippen LogP contribution in [0.1, 0.15) is 53.7 Å². The number of rotatable bonds is 4. The van der Waals surface area contributed by atoms with Gasteiger partial charge in [0.2, 0.25) is 5.82 Å². The molecule has 3 aromatic rings.